The van der Waals surface area contributed by atoms with Crippen LogP contribution in [0, 0.1) is 0 Å². The Morgan fingerprint density at radius 3 is 1.92 bits per heavy atom. The molecule has 0 amide bonds. The summed E-state index contributed by atoms with van der Waals surface area (Å²) in [5, 5.41) is 0. The molecule has 0 saturated carbocycles. The van der Waals surface area contributed by atoms with E-state index in [1.54, 1.807) is 0 Å². The van der Waals surface area contributed by atoms with Crippen molar-refractivity contribution in [3.05, 3.63) is 69.0 Å². The SMILES string of the molecule is CCCCCCCCCCCCCCCC(OC(CC)n1c(=O)cc[nH]c1=O)C(C)OCc1ccccc1. The number of rotatable bonds is 22. The first-order valence-corrected chi connectivity index (χ1v) is 15.2. The van der Waals surface area contributed by atoms with Gasteiger partial charge in [-0.15, -0.1) is 0 Å². The number of aromatic amines is 1. The second kappa shape index (κ2) is 19.8. The van der Waals surface area contributed by atoms with Gasteiger partial charge in [-0.1, -0.05) is 128 Å². The second-order valence-corrected chi connectivity index (χ2v) is 10.6. The molecule has 0 bridgehead atoms. The first-order valence-electron chi connectivity index (χ1n) is 15.2. The Hall–Kier alpha value is -2.18. The summed E-state index contributed by atoms with van der Waals surface area (Å²) in [6.07, 6.45) is 18.8. The van der Waals surface area contributed by atoms with Crippen LogP contribution in [0.5, 0.6) is 0 Å². The molecule has 0 fully saturated rings. The lowest BCUT2D eigenvalue weighted by molar-refractivity contribution is -0.129. The average Bonchev–Trinajstić information content (AvgIpc) is 2.93. The zero-order valence-electron chi connectivity index (χ0n) is 24.2. The first-order chi connectivity index (χ1) is 18.6. The summed E-state index contributed by atoms with van der Waals surface area (Å²) in [5.41, 5.74) is 0.321. The molecule has 6 nitrogen and oxygen atoms in total. The maximum atomic E-state index is 12.4. The summed E-state index contributed by atoms with van der Waals surface area (Å²) in [7, 11) is 0. The van der Waals surface area contributed by atoms with E-state index in [9.17, 15) is 9.59 Å². The molecule has 0 aliphatic carbocycles. The van der Waals surface area contributed by atoms with Crippen LogP contribution < -0.4 is 11.2 Å². The number of unbranched alkanes of at least 4 members (excludes halogenated alkanes) is 12. The maximum Gasteiger partial charge on any atom is 0.330 e. The van der Waals surface area contributed by atoms with E-state index in [2.05, 4.69) is 11.9 Å². The van der Waals surface area contributed by atoms with E-state index in [-0.39, 0.29) is 17.8 Å². The molecule has 0 aliphatic rings. The molecule has 6 heteroatoms. The van der Waals surface area contributed by atoms with Gasteiger partial charge in [-0.05, 0) is 25.3 Å². The Morgan fingerprint density at radius 1 is 0.789 bits per heavy atom. The third-order valence-corrected chi connectivity index (χ3v) is 7.33. The highest BCUT2D eigenvalue weighted by atomic mass is 16.6. The molecule has 1 heterocycles. The molecule has 38 heavy (non-hydrogen) atoms. The van der Waals surface area contributed by atoms with E-state index in [1.165, 1.54) is 87.5 Å². The van der Waals surface area contributed by atoms with E-state index in [4.69, 9.17) is 9.47 Å². The molecule has 1 aromatic carbocycles. The fraction of sp³-hybridized carbons (Fsp3) is 0.688. The van der Waals surface area contributed by atoms with E-state index in [0.29, 0.717) is 13.0 Å². The molecule has 2 aromatic rings. The standard InChI is InChI=1S/C32H52N2O4/c1-4-6-7-8-9-10-11-12-13-14-15-16-20-23-29(27(3)37-26-28-21-18-17-19-22-28)38-31(5-2)34-30(35)24-25-33-32(34)36/h17-19,21-22,24-25,27,29,31H,4-16,20,23,26H2,1-3H3,(H,33,36). The summed E-state index contributed by atoms with van der Waals surface area (Å²) in [6.45, 7) is 6.73. The van der Waals surface area contributed by atoms with Crippen molar-refractivity contribution in [2.45, 2.75) is 142 Å². The largest absolute Gasteiger partial charge is 0.371 e. The number of hydrogen-bond donors (Lipinski definition) is 1. The summed E-state index contributed by atoms with van der Waals surface area (Å²) in [6, 6.07) is 11.5. The van der Waals surface area contributed by atoms with Crippen LogP contribution >= 0.6 is 0 Å². The Balaban J connectivity index is 1.81. The number of hydrogen-bond acceptors (Lipinski definition) is 4. The van der Waals surface area contributed by atoms with Crippen LogP contribution in [0.3, 0.4) is 0 Å². The lowest BCUT2D eigenvalue weighted by Crippen LogP contribution is -2.41. The molecule has 214 valence electrons. The number of benzene rings is 1. The number of nitrogens with zero attached hydrogens (tertiary/aromatic N) is 1. The van der Waals surface area contributed by atoms with Crippen LogP contribution in [0.1, 0.15) is 129 Å². The van der Waals surface area contributed by atoms with Crippen molar-refractivity contribution in [3.63, 3.8) is 0 Å². The highest BCUT2D eigenvalue weighted by Gasteiger charge is 2.24. The van der Waals surface area contributed by atoms with Crippen molar-refractivity contribution in [3.8, 4) is 0 Å². The van der Waals surface area contributed by atoms with Gasteiger partial charge in [0.25, 0.3) is 5.56 Å². The normalized spacial score (nSPS) is 13.9. The summed E-state index contributed by atoms with van der Waals surface area (Å²) in [5.74, 6) is 0. The molecular formula is C32H52N2O4. The zero-order chi connectivity index (χ0) is 27.4. The second-order valence-electron chi connectivity index (χ2n) is 10.6. The minimum Gasteiger partial charge on any atom is -0.371 e. The molecular weight excluding hydrogens is 476 g/mol. The molecule has 2 rings (SSSR count). The topological polar surface area (TPSA) is 73.3 Å². The third kappa shape index (κ3) is 12.6. The van der Waals surface area contributed by atoms with Gasteiger partial charge in [-0.25, -0.2) is 9.36 Å². The van der Waals surface area contributed by atoms with Gasteiger partial charge < -0.3 is 14.5 Å². The van der Waals surface area contributed by atoms with E-state index in [0.717, 1.165) is 24.8 Å². The fourth-order valence-corrected chi connectivity index (χ4v) is 4.93. The first kappa shape index (κ1) is 32.0. The Bertz CT molecular complexity index is 927. The van der Waals surface area contributed by atoms with Crippen molar-refractivity contribution < 1.29 is 9.47 Å². The van der Waals surface area contributed by atoms with Gasteiger partial charge in [0.1, 0.15) is 6.23 Å². The fourth-order valence-electron chi connectivity index (χ4n) is 4.93. The van der Waals surface area contributed by atoms with Gasteiger partial charge in [0.15, 0.2) is 0 Å². The highest BCUT2D eigenvalue weighted by Crippen LogP contribution is 2.22. The smallest absolute Gasteiger partial charge is 0.330 e. The van der Waals surface area contributed by atoms with Gasteiger partial charge in [0.05, 0.1) is 18.8 Å². The number of H-pyrrole nitrogens is 1. The Morgan fingerprint density at radius 2 is 1.37 bits per heavy atom. The maximum absolute atomic E-state index is 12.4. The predicted molar refractivity (Wildman–Crippen MR) is 157 cm³/mol. The third-order valence-electron chi connectivity index (χ3n) is 7.33. The van der Waals surface area contributed by atoms with Crippen molar-refractivity contribution in [2.75, 3.05) is 0 Å². The quantitative estimate of drug-likeness (QED) is 0.158. The molecule has 1 aromatic heterocycles. The summed E-state index contributed by atoms with van der Waals surface area (Å²) >= 11 is 0. The monoisotopic (exact) mass is 528 g/mol. The van der Waals surface area contributed by atoms with Crippen molar-refractivity contribution in [1.82, 2.24) is 9.55 Å². The lowest BCUT2D eigenvalue weighted by Gasteiger charge is -2.29. The summed E-state index contributed by atoms with van der Waals surface area (Å²) < 4.78 is 13.8. The van der Waals surface area contributed by atoms with Gasteiger partial charge in [0, 0.05) is 12.3 Å². The van der Waals surface area contributed by atoms with Gasteiger partial charge in [-0.3, -0.25) is 4.79 Å². The zero-order valence-corrected chi connectivity index (χ0v) is 24.2. The van der Waals surface area contributed by atoms with E-state index in [1.807, 2.05) is 44.2 Å². The molecule has 0 spiro atoms. The number of nitrogens with one attached hydrogen (secondary N) is 1. The molecule has 3 unspecified atom stereocenters. The summed E-state index contributed by atoms with van der Waals surface area (Å²) in [4.78, 5) is 27.4. The van der Waals surface area contributed by atoms with Crippen LogP contribution in [-0.2, 0) is 16.1 Å². The van der Waals surface area contributed by atoms with Crippen molar-refractivity contribution in [1.29, 1.82) is 0 Å². The molecule has 0 saturated heterocycles. The van der Waals surface area contributed by atoms with Crippen molar-refractivity contribution >= 4 is 0 Å². The minimum absolute atomic E-state index is 0.167. The molecule has 0 aliphatic heterocycles. The van der Waals surface area contributed by atoms with Gasteiger partial charge in [0.2, 0.25) is 0 Å². The van der Waals surface area contributed by atoms with Crippen LogP contribution in [0.15, 0.2) is 52.2 Å². The van der Waals surface area contributed by atoms with Crippen LogP contribution in [0.4, 0.5) is 0 Å². The Labute approximate surface area is 230 Å². The number of aromatic nitrogens is 2. The van der Waals surface area contributed by atoms with Crippen LogP contribution in [0.25, 0.3) is 0 Å². The van der Waals surface area contributed by atoms with Crippen molar-refractivity contribution in [2.24, 2.45) is 0 Å². The average molecular weight is 529 g/mol. The van der Waals surface area contributed by atoms with Crippen LogP contribution in [0.2, 0.25) is 0 Å². The van der Waals surface area contributed by atoms with E-state index >= 15 is 0 Å². The minimum atomic E-state index is -0.623. The Kier molecular flexibility index (Phi) is 16.7. The van der Waals surface area contributed by atoms with Gasteiger partial charge in [-0.2, -0.15) is 0 Å². The number of ether oxygens (including phenoxy) is 2. The van der Waals surface area contributed by atoms with E-state index < -0.39 is 11.9 Å². The lowest BCUT2D eigenvalue weighted by atomic mass is 10.0. The molecule has 1 N–H and O–H groups in total. The van der Waals surface area contributed by atoms with Gasteiger partial charge >= 0.3 is 5.69 Å². The molecule has 0 radical (unpaired) electrons. The highest BCUT2D eigenvalue weighted by molar-refractivity contribution is 5.13. The predicted octanol–water partition coefficient (Wildman–Crippen LogP) is 7.92. The molecule has 3 atom stereocenters. The van der Waals surface area contributed by atoms with Crippen LogP contribution in [-0.4, -0.2) is 21.8 Å².